The van der Waals surface area contributed by atoms with Gasteiger partial charge in [-0.1, -0.05) is 32.6 Å². The minimum Gasteiger partial charge on any atom is -0.396 e. The van der Waals surface area contributed by atoms with Crippen LogP contribution >= 0.6 is 0 Å². The average molecular weight is 288 g/mol. The molecule has 5 heteroatoms. The summed E-state index contributed by atoms with van der Waals surface area (Å²) in [6.07, 6.45) is 6.62. The Bertz CT molecular complexity index is 225. The monoisotopic (exact) mass is 288 g/mol. The van der Waals surface area contributed by atoms with Crippen molar-refractivity contribution in [3.8, 4) is 0 Å². The molecule has 0 fully saturated rings. The third-order valence-electron chi connectivity index (χ3n) is 3.23. The largest absolute Gasteiger partial charge is 0.396 e. The predicted molar refractivity (Wildman–Crippen MR) is 81.8 cm³/mol. The van der Waals surface area contributed by atoms with E-state index in [9.17, 15) is 4.79 Å². The lowest BCUT2D eigenvalue weighted by Crippen LogP contribution is -2.40. The molecule has 0 unspecified atom stereocenters. The summed E-state index contributed by atoms with van der Waals surface area (Å²) in [5.41, 5.74) is 0. The first-order valence-corrected chi connectivity index (χ1v) is 7.84. The highest BCUT2D eigenvalue weighted by atomic mass is 16.5. The third kappa shape index (κ3) is 11.2. The molecule has 0 aliphatic rings. The zero-order chi connectivity index (χ0) is 15.1. The Morgan fingerprint density at radius 3 is 2.50 bits per heavy atom. The van der Waals surface area contributed by atoms with Crippen LogP contribution < -0.4 is 5.32 Å². The number of hydrogen-bond acceptors (Lipinski definition) is 4. The summed E-state index contributed by atoms with van der Waals surface area (Å²) in [4.78, 5) is 13.9. The number of amides is 1. The molecule has 120 valence electrons. The van der Waals surface area contributed by atoms with E-state index in [2.05, 4.69) is 12.2 Å². The highest BCUT2D eigenvalue weighted by Gasteiger charge is 2.11. The fourth-order valence-electron chi connectivity index (χ4n) is 2.01. The maximum absolute atomic E-state index is 12.1. The van der Waals surface area contributed by atoms with Gasteiger partial charge in [0.25, 0.3) is 0 Å². The van der Waals surface area contributed by atoms with Crippen molar-refractivity contribution in [1.29, 1.82) is 0 Å². The second kappa shape index (κ2) is 14.8. The lowest BCUT2D eigenvalue weighted by Gasteiger charge is -2.22. The van der Waals surface area contributed by atoms with Gasteiger partial charge in [-0.15, -0.1) is 0 Å². The predicted octanol–water partition coefficient (Wildman–Crippen LogP) is 1.40. The highest BCUT2D eigenvalue weighted by Crippen LogP contribution is 2.04. The zero-order valence-electron chi connectivity index (χ0n) is 13.2. The van der Waals surface area contributed by atoms with Gasteiger partial charge in [-0.3, -0.25) is 4.79 Å². The molecule has 0 saturated carbocycles. The van der Waals surface area contributed by atoms with Crippen molar-refractivity contribution in [3.05, 3.63) is 0 Å². The van der Waals surface area contributed by atoms with Crippen molar-refractivity contribution < 1.29 is 14.6 Å². The number of hydrogen-bond donors (Lipinski definition) is 2. The number of ether oxygens (including phenoxy) is 1. The fraction of sp³-hybridized carbons (Fsp3) is 0.933. The van der Waals surface area contributed by atoms with Crippen LogP contribution in [0, 0.1) is 0 Å². The summed E-state index contributed by atoms with van der Waals surface area (Å²) in [6, 6.07) is 0. The van der Waals surface area contributed by atoms with Gasteiger partial charge in [-0.25, -0.2) is 0 Å². The molecule has 0 aliphatic heterocycles. The number of nitrogens with one attached hydrogen (secondary N) is 1. The maximum Gasteiger partial charge on any atom is 0.236 e. The van der Waals surface area contributed by atoms with Crippen molar-refractivity contribution in [2.75, 3.05) is 46.5 Å². The number of nitrogens with zero attached hydrogens (tertiary/aromatic N) is 1. The van der Waals surface area contributed by atoms with Crippen molar-refractivity contribution >= 4 is 5.91 Å². The minimum atomic E-state index is 0.116. The molecule has 0 saturated heterocycles. The number of methoxy groups -OCH3 is 1. The van der Waals surface area contributed by atoms with Crippen molar-refractivity contribution in [2.24, 2.45) is 0 Å². The van der Waals surface area contributed by atoms with Gasteiger partial charge in [0.2, 0.25) is 5.91 Å². The number of aliphatic hydroxyl groups excluding tert-OH is 1. The van der Waals surface area contributed by atoms with Gasteiger partial charge in [0, 0.05) is 33.4 Å². The Balaban J connectivity index is 3.88. The second-order valence-electron chi connectivity index (χ2n) is 5.04. The standard InChI is InChI=1S/C15H32N2O3/c1-3-4-5-6-7-10-17(11-8-12-18)15(19)14-16-9-13-20-2/h16,18H,3-14H2,1-2H3. The summed E-state index contributed by atoms with van der Waals surface area (Å²) in [5.74, 6) is 0.116. The van der Waals surface area contributed by atoms with E-state index >= 15 is 0 Å². The van der Waals surface area contributed by atoms with Gasteiger partial charge in [0.05, 0.1) is 13.2 Å². The van der Waals surface area contributed by atoms with Crippen LogP contribution in [0.3, 0.4) is 0 Å². The molecule has 20 heavy (non-hydrogen) atoms. The SMILES string of the molecule is CCCCCCCN(CCCO)C(=O)CNCCOC. The Kier molecular flexibility index (Phi) is 14.3. The zero-order valence-corrected chi connectivity index (χ0v) is 13.2. The second-order valence-corrected chi connectivity index (χ2v) is 5.04. The van der Waals surface area contributed by atoms with Gasteiger partial charge < -0.3 is 20.1 Å². The molecule has 5 nitrogen and oxygen atoms in total. The molecular weight excluding hydrogens is 256 g/mol. The molecule has 0 rings (SSSR count). The first-order chi connectivity index (χ1) is 9.76. The molecule has 0 aromatic heterocycles. The van der Waals surface area contributed by atoms with Gasteiger partial charge in [-0.2, -0.15) is 0 Å². The Hall–Kier alpha value is -0.650. The molecule has 0 radical (unpaired) electrons. The Morgan fingerprint density at radius 2 is 1.85 bits per heavy atom. The van der Waals surface area contributed by atoms with Crippen molar-refractivity contribution in [1.82, 2.24) is 10.2 Å². The molecule has 0 heterocycles. The van der Waals surface area contributed by atoms with Crippen molar-refractivity contribution in [2.45, 2.75) is 45.4 Å². The average Bonchev–Trinajstić information content (AvgIpc) is 2.46. The summed E-state index contributed by atoms with van der Waals surface area (Å²) in [7, 11) is 1.65. The molecule has 0 bridgehead atoms. The summed E-state index contributed by atoms with van der Waals surface area (Å²) in [5, 5.41) is 12.0. The number of carbonyl (C=O) groups excluding carboxylic acids is 1. The van der Waals surface area contributed by atoms with E-state index < -0.39 is 0 Å². The van der Waals surface area contributed by atoms with Gasteiger partial charge in [-0.05, 0) is 12.8 Å². The van der Waals surface area contributed by atoms with Crippen LogP contribution in [0.1, 0.15) is 45.4 Å². The van der Waals surface area contributed by atoms with E-state index in [0.717, 1.165) is 13.0 Å². The van der Waals surface area contributed by atoms with Crippen LogP contribution in [-0.4, -0.2) is 62.4 Å². The van der Waals surface area contributed by atoms with E-state index in [4.69, 9.17) is 9.84 Å². The Morgan fingerprint density at radius 1 is 1.15 bits per heavy atom. The van der Waals surface area contributed by atoms with E-state index in [1.807, 2.05) is 4.90 Å². The summed E-state index contributed by atoms with van der Waals surface area (Å²) >= 11 is 0. The lowest BCUT2D eigenvalue weighted by molar-refractivity contribution is -0.130. The molecule has 0 atom stereocenters. The summed E-state index contributed by atoms with van der Waals surface area (Å²) in [6.45, 7) is 5.43. The first kappa shape index (κ1) is 19.4. The number of aliphatic hydroxyl groups is 1. The molecule has 0 aromatic rings. The van der Waals surface area contributed by atoms with Gasteiger partial charge in [0.15, 0.2) is 0 Å². The van der Waals surface area contributed by atoms with Gasteiger partial charge in [0.1, 0.15) is 0 Å². The molecular formula is C15H32N2O3. The lowest BCUT2D eigenvalue weighted by atomic mass is 10.1. The molecule has 0 aliphatic carbocycles. The highest BCUT2D eigenvalue weighted by molar-refractivity contribution is 5.78. The van der Waals surface area contributed by atoms with Crippen LogP contribution in [0.25, 0.3) is 0 Å². The number of unbranched alkanes of at least 4 members (excludes halogenated alkanes) is 4. The van der Waals surface area contributed by atoms with E-state index in [1.165, 1.54) is 25.7 Å². The molecule has 0 spiro atoms. The van der Waals surface area contributed by atoms with E-state index in [0.29, 0.717) is 32.7 Å². The van der Waals surface area contributed by atoms with Crippen LogP contribution in [0.4, 0.5) is 0 Å². The maximum atomic E-state index is 12.1. The summed E-state index contributed by atoms with van der Waals surface area (Å²) < 4.78 is 4.93. The van der Waals surface area contributed by atoms with E-state index in [-0.39, 0.29) is 12.5 Å². The van der Waals surface area contributed by atoms with Gasteiger partial charge >= 0.3 is 0 Å². The minimum absolute atomic E-state index is 0.116. The van der Waals surface area contributed by atoms with Crippen LogP contribution in [0.15, 0.2) is 0 Å². The topological polar surface area (TPSA) is 61.8 Å². The number of carbonyl (C=O) groups is 1. The smallest absolute Gasteiger partial charge is 0.236 e. The molecule has 2 N–H and O–H groups in total. The van der Waals surface area contributed by atoms with Crippen LogP contribution in [0.5, 0.6) is 0 Å². The Labute approximate surface area is 123 Å². The quantitative estimate of drug-likeness (QED) is 0.474. The van der Waals surface area contributed by atoms with E-state index in [1.54, 1.807) is 7.11 Å². The number of rotatable bonds is 14. The third-order valence-corrected chi connectivity index (χ3v) is 3.23. The normalized spacial score (nSPS) is 10.8. The van der Waals surface area contributed by atoms with Crippen molar-refractivity contribution in [3.63, 3.8) is 0 Å². The van der Waals surface area contributed by atoms with Crippen LogP contribution in [0.2, 0.25) is 0 Å². The van der Waals surface area contributed by atoms with Crippen LogP contribution in [-0.2, 0) is 9.53 Å². The fourth-order valence-corrected chi connectivity index (χ4v) is 2.01. The molecule has 0 aromatic carbocycles. The molecule has 1 amide bonds. The first-order valence-electron chi connectivity index (χ1n) is 7.84.